The number of hydrogen-bond donors (Lipinski definition) is 3. The Labute approximate surface area is 124 Å². The van der Waals surface area contributed by atoms with Gasteiger partial charge in [0.25, 0.3) is 0 Å². The average molecular weight is 297 g/mol. The Balaban J connectivity index is 2.08. The number of hydrazine groups is 1. The maximum absolute atomic E-state index is 5.44. The van der Waals surface area contributed by atoms with Crippen LogP contribution in [0.2, 0.25) is 0 Å². The Hall–Kier alpha value is -1.28. The fourth-order valence-corrected chi connectivity index (χ4v) is 2.78. The van der Waals surface area contributed by atoms with E-state index in [1.165, 1.54) is 12.8 Å². The summed E-state index contributed by atoms with van der Waals surface area (Å²) in [5, 5.41) is 3.31. The van der Waals surface area contributed by atoms with Crippen LogP contribution < -0.4 is 21.5 Å². The van der Waals surface area contributed by atoms with Crippen LogP contribution in [-0.2, 0) is 0 Å². The van der Waals surface area contributed by atoms with Crippen molar-refractivity contribution in [2.75, 3.05) is 40.2 Å². The van der Waals surface area contributed by atoms with E-state index in [1.807, 2.05) is 11.8 Å². The van der Waals surface area contributed by atoms with Gasteiger partial charge in [-0.2, -0.15) is 26.7 Å². The van der Waals surface area contributed by atoms with Crippen molar-refractivity contribution in [1.82, 2.24) is 15.0 Å². The predicted octanol–water partition coefficient (Wildman–Crippen LogP) is 1.31. The smallest absolute Gasteiger partial charge is 0.243 e. The van der Waals surface area contributed by atoms with Crippen LogP contribution in [0.15, 0.2) is 0 Å². The molecule has 0 spiro atoms. The first-order valence-corrected chi connectivity index (χ1v) is 8.20. The van der Waals surface area contributed by atoms with E-state index in [0.29, 0.717) is 23.9 Å². The molecule has 20 heavy (non-hydrogen) atoms. The van der Waals surface area contributed by atoms with Crippen LogP contribution in [0.4, 0.5) is 17.8 Å². The third-order valence-electron chi connectivity index (χ3n) is 3.09. The van der Waals surface area contributed by atoms with Gasteiger partial charge in [-0.25, -0.2) is 5.84 Å². The van der Waals surface area contributed by atoms with Crippen molar-refractivity contribution in [3.63, 3.8) is 0 Å². The van der Waals surface area contributed by atoms with Gasteiger partial charge in [-0.3, -0.25) is 5.43 Å². The van der Waals surface area contributed by atoms with Gasteiger partial charge in [-0.15, -0.1) is 0 Å². The van der Waals surface area contributed by atoms with Crippen molar-refractivity contribution in [2.24, 2.45) is 5.84 Å². The summed E-state index contributed by atoms with van der Waals surface area (Å²) < 4.78 is 0. The molecule has 1 aliphatic heterocycles. The molecule has 1 saturated heterocycles. The quantitative estimate of drug-likeness (QED) is 0.512. The van der Waals surface area contributed by atoms with Gasteiger partial charge < -0.3 is 10.2 Å². The summed E-state index contributed by atoms with van der Waals surface area (Å²) in [5.41, 5.74) is 2.51. The second-order valence-electron chi connectivity index (χ2n) is 4.83. The standard InChI is InChI=1S/C12H23N7S/c1-3-20-8-9(2)14-10-15-11(18-13)17-12(16-10)19-6-4-5-7-19/h9H,3-8,13H2,1-2H3,(H2,14,15,16,17,18). The Morgan fingerprint density at radius 2 is 1.95 bits per heavy atom. The van der Waals surface area contributed by atoms with Crippen LogP contribution in [0.5, 0.6) is 0 Å². The van der Waals surface area contributed by atoms with Gasteiger partial charge in [0.05, 0.1) is 0 Å². The van der Waals surface area contributed by atoms with Gasteiger partial charge in [-0.1, -0.05) is 6.92 Å². The molecule has 1 aromatic rings. The Bertz CT molecular complexity index is 422. The lowest BCUT2D eigenvalue weighted by Crippen LogP contribution is -2.25. The number of aromatic nitrogens is 3. The second kappa shape index (κ2) is 7.49. The van der Waals surface area contributed by atoms with Crippen molar-refractivity contribution in [3.8, 4) is 0 Å². The largest absolute Gasteiger partial charge is 0.351 e. The second-order valence-corrected chi connectivity index (χ2v) is 6.14. The molecule has 7 nitrogen and oxygen atoms in total. The first kappa shape index (κ1) is 15.1. The van der Waals surface area contributed by atoms with Crippen molar-refractivity contribution in [2.45, 2.75) is 32.7 Å². The van der Waals surface area contributed by atoms with Gasteiger partial charge in [0, 0.05) is 24.9 Å². The van der Waals surface area contributed by atoms with Crippen molar-refractivity contribution in [1.29, 1.82) is 0 Å². The van der Waals surface area contributed by atoms with Crippen LogP contribution in [0.1, 0.15) is 26.7 Å². The van der Waals surface area contributed by atoms with E-state index in [-0.39, 0.29) is 0 Å². The molecule has 2 rings (SSSR count). The molecule has 112 valence electrons. The first-order chi connectivity index (χ1) is 9.72. The molecule has 0 aliphatic carbocycles. The highest BCUT2D eigenvalue weighted by Gasteiger charge is 2.17. The van der Waals surface area contributed by atoms with E-state index in [0.717, 1.165) is 24.6 Å². The van der Waals surface area contributed by atoms with Crippen LogP contribution in [0.25, 0.3) is 0 Å². The Morgan fingerprint density at radius 3 is 2.60 bits per heavy atom. The van der Waals surface area contributed by atoms with Gasteiger partial charge >= 0.3 is 0 Å². The zero-order valence-corrected chi connectivity index (χ0v) is 12.9. The lowest BCUT2D eigenvalue weighted by atomic mass is 10.4. The molecule has 0 saturated carbocycles. The van der Waals surface area contributed by atoms with E-state index in [2.05, 4.69) is 44.4 Å². The number of nitrogens with zero attached hydrogens (tertiary/aromatic N) is 4. The molecule has 2 heterocycles. The Morgan fingerprint density at radius 1 is 1.25 bits per heavy atom. The lowest BCUT2D eigenvalue weighted by molar-refractivity contribution is 0.848. The number of hydrogen-bond acceptors (Lipinski definition) is 8. The molecule has 1 unspecified atom stereocenters. The fraction of sp³-hybridized carbons (Fsp3) is 0.750. The Kier molecular flexibility index (Phi) is 5.66. The molecule has 4 N–H and O–H groups in total. The average Bonchev–Trinajstić information content (AvgIpc) is 2.99. The van der Waals surface area contributed by atoms with E-state index < -0.39 is 0 Å². The number of nitrogens with one attached hydrogen (secondary N) is 2. The normalized spacial score (nSPS) is 16.2. The number of nitrogens with two attached hydrogens (primary N) is 1. The van der Waals surface area contributed by atoms with E-state index in [4.69, 9.17) is 5.84 Å². The van der Waals surface area contributed by atoms with Crippen molar-refractivity contribution < 1.29 is 0 Å². The molecular formula is C12H23N7S. The summed E-state index contributed by atoms with van der Waals surface area (Å²) in [4.78, 5) is 15.3. The minimum atomic E-state index is 0.305. The zero-order chi connectivity index (χ0) is 14.4. The third kappa shape index (κ3) is 4.11. The highest BCUT2D eigenvalue weighted by atomic mass is 32.2. The van der Waals surface area contributed by atoms with Crippen LogP contribution in [0, 0.1) is 0 Å². The monoisotopic (exact) mass is 297 g/mol. The third-order valence-corrected chi connectivity index (χ3v) is 4.23. The summed E-state index contributed by atoms with van der Waals surface area (Å²) in [6.07, 6.45) is 2.37. The van der Waals surface area contributed by atoms with Gasteiger partial charge in [0.2, 0.25) is 17.8 Å². The number of rotatable bonds is 7. The lowest BCUT2D eigenvalue weighted by Gasteiger charge is -2.18. The minimum Gasteiger partial charge on any atom is -0.351 e. The summed E-state index contributed by atoms with van der Waals surface area (Å²) in [7, 11) is 0. The van der Waals surface area contributed by atoms with Gasteiger partial charge in [0.1, 0.15) is 0 Å². The topological polar surface area (TPSA) is 92.0 Å². The molecule has 1 fully saturated rings. The van der Waals surface area contributed by atoms with Crippen molar-refractivity contribution in [3.05, 3.63) is 0 Å². The SMILES string of the molecule is CCSCC(C)Nc1nc(NN)nc(N2CCCC2)n1. The van der Waals surface area contributed by atoms with Gasteiger partial charge in [-0.05, 0) is 25.5 Å². The maximum Gasteiger partial charge on any atom is 0.243 e. The van der Waals surface area contributed by atoms with Crippen LogP contribution in [0.3, 0.4) is 0 Å². The fourth-order valence-electron chi connectivity index (χ4n) is 2.11. The summed E-state index contributed by atoms with van der Waals surface area (Å²) in [6.45, 7) is 6.27. The molecule has 1 atom stereocenters. The molecular weight excluding hydrogens is 274 g/mol. The number of thioether (sulfide) groups is 1. The molecule has 0 bridgehead atoms. The van der Waals surface area contributed by atoms with Gasteiger partial charge in [0.15, 0.2) is 0 Å². The maximum atomic E-state index is 5.44. The molecule has 0 radical (unpaired) electrons. The summed E-state index contributed by atoms with van der Waals surface area (Å²) >= 11 is 1.89. The summed E-state index contributed by atoms with van der Waals surface area (Å²) in [6, 6.07) is 0.305. The van der Waals surface area contributed by atoms with Crippen molar-refractivity contribution >= 4 is 29.6 Å². The summed E-state index contributed by atoms with van der Waals surface area (Å²) in [5.74, 6) is 9.26. The van der Waals surface area contributed by atoms with E-state index >= 15 is 0 Å². The molecule has 0 aromatic carbocycles. The van der Waals surface area contributed by atoms with Crippen LogP contribution in [-0.4, -0.2) is 45.6 Å². The van der Waals surface area contributed by atoms with E-state index in [1.54, 1.807) is 0 Å². The highest BCUT2D eigenvalue weighted by Crippen LogP contribution is 2.18. The molecule has 1 aromatic heterocycles. The number of anilines is 3. The highest BCUT2D eigenvalue weighted by molar-refractivity contribution is 7.99. The molecule has 8 heteroatoms. The molecule has 0 amide bonds. The predicted molar refractivity (Wildman–Crippen MR) is 85.2 cm³/mol. The van der Waals surface area contributed by atoms with E-state index in [9.17, 15) is 0 Å². The first-order valence-electron chi connectivity index (χ1n) is 7.05. The van der Waals surface area contributed by atoms with Crippen LogP contribution >= 0.6 is 11.8 Å². The molecule has 1 aliphatic rings. The minimum absolute atomic E-state index is 0.305. The number of nitrogen functional groups attached to an aromatic ring is 1. The zero-order valence-electron chi connectivity index (χ0n) is 12.1.